The Morgan fingerprint density at radius 3 is 2.06 bits per heavy atom. The van der Waals surface area contributed by atoms with Gasteiger partial charge in [-0.3, -0.25) is 0 Å². The van der Waals surface area contributed by atoms with Gasteiger partial charge in [0.2, 0.25) is 0 Å². The molecule has 2 nitrogen and oxygen atoms in total. The van der Waals surface area contributed by atoms with Crippen LogP contribution in [0.3, 0.4) is 0 Å². The smallest absolute Gasteiger partial charge is 0.249 e. The lowest BCUT2D eigenvalue weighted by molar-refractivity contribution is -0.0793. The van der Waals surface area contributed by atoms with E-state index in [1.54, 1.807) is 0 Å². The van der Waals surface area contributed by atoms with E-state index in [9.17, 15) is 26.9 Å². The van der Waals surface area contributed by atoms with Gasteiger partial charge in [0.05, 0.1) is 0 Å². The topological polar surface area (TPSA) is 26.3 Å². The average molecular weight is 252 g/mol. The average Bonchev–Trinajstić information content (AvgIpc) is 2.33. The molecule has 0 spiro atoms. The fourth-order valence-corrected chi connectivity index (χ4v) is 1.21. The molecule has 0 unspecified atom stereocenters. The maximum Gasteiger partial charge on any atom is 0.383 e. The minimum atomic E-state index is -2.21. The van der Waals surface area contributed by atoms with Gasteiger partial charge in [0.25, 0.3) is 0 Å². The molecule has 0 N–H and O–H groups in total. The number of halogens is 5. The van der Waals surface area contributed by atoms with Crippen molar-refractivity contribution < 1.29 is 31.8 Å². The SMILES string of the molecule is CC=Cc1c(F)c(F)c(F)c(F)c1C(=O)OF. The second-order valence-corrected chi connectivity index (χ2v) is 2.91. The molecule has 0 bridgehead atoms. The number of hydrogen-bond acceptors (Lipinski definition) is 2. The molecule has 0 amide bonds. The van der Waals surface area contributed by atoms with Crippen LogP contribution in [0.1, 0.15) is 22.8 Å². The molecule has 1 rings (SSSR count). The monoisotopic (exact) mass is 252 g/mol. The lowest BCUT2D eigenvalue weighted by atomic mass is 10.0. The molecule has 0 atom stereocenters. The summed E-state index contributed by atoms with van der Waals surface area (Å²) in [5.74, 6) is -10.1. The van der Waals surface area contributed by atoms with Crippen LogP contribution in [0, 0.1) is 23.3 Å². The molecule has 0 heterocycles. The van der Waals surface area contributed by atoms with E-state index in [4.69, 9.17) is 0 Å². The van der Waals surface area contributed by atoms with Gasteiger partial charge in [-0.2, -0.15) is 0 Å². The summed E-state index contributed by atoms with van der Waals surface area (Å²) < 4.78 is 63.7. The largest absolute Gasteiger partial charge is 0.383 e. The molecule has 0 fully saturated rings. The first-order valence-corrected chi connectivity index (χ1v) is 4.27. The number of allylic oxidation sites excluding steroid dienone is 1. The first-order chi connectivity index (χ1) is 7.95. The van der Waals surface area contributed by atoms with Crippen LogP contribution in [0.25, 0.3) is 6.08 Å². The fraction of sp³-hybridized carbons (Fsp3) is 0.100. The Kier molecular flexibility index (Phi) is 3.82. The molecule has 0 radical (unpaired) electrons. The summed E-state index contributed by atoms with van der Waals surface area (Å²) >= 11 is 0. The van der Waals surface area contributed by atoms with E-state index in [1.165, 1.54) is 6.92 Å². The van der Waals surface area contributed by atoms with Crippen molar-refractivity contribution in [3.05, 3.63) is 40.5 Å². The van der Waals surface area contributed by atoms with E-state index in [2.05, 4.69) is 4.94 Å². The van der Waals surface area contributed by atoms with E-state index >= 15 is 0 Å². The summed E-state index contributed by atoms with van der Waals surface area (Å²) in [6, 6.07) is 0. The molecule has 17 heavy (non-hydrogen) atoms. The van der Waals surface area contributed by atoms with Gasteiger partial charge < -0.3 is 0 Å². The van der Waals surface area contributed by atoms with Crippen molar-refractivity contribution in [3.63, 3.8) is 0 Å². The first kappa shape index (κ1) is 13.1. The fourth-order valence-electron chi connectivity index (χ4n) is 1.21. The second-order valence-electron chi connectivity index (χ2n) is 2.91. The highest BCUT2D eigenvalue weighted by Gasteiger charge is 2.29. The summed E-state index contributed by atoms with van der Waals surface area (Å²) in [6.45, 7) is 1.35. The lowest BCUT2D eigenvalue weighted by Gasteiger charge is -2.07. The van der Waals surface area contributed by atoms with Gasteiger partial charge in [-0.05, 0) is 6.92 Å². The Hall–Kier alpha value is -1.92. The highest BCUT2D eigenvalue weighted by Crippen LogP contribution is 2.26. The van der Waals surface area contributed by atoms with Crippen LogP contribution in [-0.2, 0) is 4.94 Å². The van der Waals surface area contributed by atoms with Crippen molar-refractivity contribution in [2.24, 2.45) is 0 Å². The normalized spacial score (nSPS) is 10.9. The third kappa shape index (κ3) is 2.13. The first-order valence-electron chi connectivity index (χ1n) is 4.27. The summed E-state index contributed by atoms with van der Waals surface area (Å²) in [6.07, 6.45) is 1.91. The molecular weight excluding hydrogens is 247 g/mol. The van der Waals surface area contributed by atoms with Crippen LogP contribution in [-0.4, -0.2) is 5.97 Å². The maximum atomic E-state index is 13.2. The third-order valence-corrected chi connectivity index (χ3v) is 1.91. The molecule has 0 aliphatic carbocycles. The third-order valence-electron chi connectivity index (χ3n) is 1.91. The standard InChI is InChI=1S/C10H5F5O2/c1-2-3-4-5(10(16)17-15)7(12)9(14)8(13)6(4)11/h2-3H,1H3. The number of carbonyl (C=O) groups excluding carboxylic acids is 1. The zero-order valence-corrected chi connectivity index (χ0v) is 8.36. The molecule has 0 aromatic heterocycles. The number of rotatable bonds is 2. The molecule has 92 valence electrons. The Morgan fingerprint density at radius 1 is 1.06 bits per heavy atom. The van der Waals surface area contributed by atoms with Crippen LogP contribution in [0.15, 0.2) is 6.08 Å². The van der Waals surface area contributed by atoms with Crippen molar-refractivity contribution in [1.82, 2.24) is 0 Å². The predicted molar refractivity (Wildman–Crippen MR) is 47.5 cm³/mol. The van der Waals surface area contributed by atoms with Crippen LogP contribution < -0.4 is 0 Å². The van der Waals surface area contributed by atoms with Crippen LogP contribution in [0.2, 0.25) is 0 Å². The summed E-state index contributed by atoms with van der Waals surface area (Å²) in [4.78, 5) is 13.5. The second kappa shape index (κ2) is 4.94. The van der Waals surface area contributed by atoms with Gasteiger partial charge in [0.1, 0.15) is 5.56 Å². The Balaban J connectivity index is 3.71. The minimum absolute atomic E-state index is 0.785. The summed E-state index contributed by atoms with van der Waals surface area (Å²) in [5, 5.41) is 0. The molecule has 0 saturated carbocycles. The number of benzene rings is 1. The zero-order chi connectivity index (χ0) is 13.2. The number of hydrogen-bond donors (Lipinski definition) is 0. The highest BCUT2D eigenvalue weighted by molar-refractivity contribution is 5.93. The van der Waals surface area contributed by atoms with Gasteiger partial charge in [-0.25, -0.2) is 27.3 Å². The van der Waals surface area contributed by atoms with Crippen LogP contribution in [0.5, 0.6) is 0 Å². The van der Waals surface area contributed by atoms with E-state index in [0.717, 1.165) is 12.2 Å². The van der Waals surface area contributed by atoms with Crippen molar-refractivity contribution in [2.75, 3.05) is 0 Å². The Morgan fingerprint density at radius 2 is 1.59 bits per heavy atom. The van der Waals surface area contributed by atoms with Crippen LogP contribution >= 0.6 is 0 Å². The lowest BCUT2D eigenvalue weighted by Crippen LogP contribution is -2.12. The van der Waals surface area contributed by atoms with Gasteiger partial charge in [-0.1, -0.05) is 12.2 Å². The minimum Gasteiger partial charge on any atom is -0.249 e. The van der Waals surface area contributed by atoms with E-state index in [0.29, 0.717) is 0 Å². The Bertz CT molecular complexity index is 496. The van der Waals surface area contributed by atoms with Gasteiger partial charge in [0.15, 0.2) is 23.3 Å². The highest BCUT2D eigenvalue weighted by atomic mass is 19.3. The summed E-state index contributed by atoms with van der Waals surface area (Å²) in [5.41, 5.74) is -2.27. The molecular formula is C10H5F5O2. The molecule has 1 aromatic rings. The molecule has 0 aliphatic rings. The number of carbonyl (C=O) groups is 1. The molecule has 0 saturated heterocycles. The van der Waals surface area contributed by atoms with Gasteiger partial charge in [0, 0.05) is 10.1 Å². The predicted octanol–water partition coefficient (Wildman–Crippen LogP) is 3.32. The zero-order valence-electron chi connectivity index (χ0n) is 8.36. The van der Waals surface area contributed by atoms with Crippen molar-refractivity contribution in [3.8, 4) is 0 Å². The van der Waals surface area contributed by atoms with Crippen molar-refractivity contribution in [2.45, 2.75) is 6.92 Å². The van der Waals surface area contributed by atoms with Gasteiger partial charge in [-0.15, -0.1) is 0 Å². The molecule has 0 aliphatic heterocycles. The molecule has 7 heteroatoms. The van der Waals surface area contributed by atoms with Gasteiger partial charge >= 0.3 is 5.97 Å². The Labute approximate surface area is 92.2 Å². The van der Waals surface area contributed by atoms with Crippen molar-refractivity contribution >= 4 is 12.0 Å². The van der Waals surface area contributed by atoms with Crippen LogP contribution in [0.4, 0.5) is 22.1 Å². The van der Waals surface area contributed by atoms with E-state index in [-0.39, 0.29) is 0 Å². The maximum absolute atomic E-state index is 13.2. The van der Waals surface area contributed by atoms with E-state index in [1.807, 2.05) is 0 Å². The molecule has 1 aromatic carbocycles. The quantitative estimate of drug-likeness (QED) is 0.458. The van der Waals surface area contributed by atoms with Crippen molar-refractivity contribution in [1.29, 1.82) is 0 Å². The summed E-state index contributed by atoms with van der Waals surface area (Å²) in [7, 11) is 0. The van der Waals surface area contributed by atoms with E-state index < -0.39 is 40.4 Å².